The van der Waals surface area contributed by atoms with E-state index in [1.54, 1.807) is 7.11 Å². The summed E-state index contributed by atoms with van der Waals surface area (Å²) in [5.41, 5.74) is 2.13. The van der Waals surface area contributed by atoms with E-state index in [1.165, 1.54) is 0 Å². The quantitative estimate of drug-likeness (QED) is 0.708. The van der Waals surface area contributed by atoms with E-state index in [0.717, 1.165) is 15.6 Å². The van der Waals surface area contributed by atoms with Crippen LogP contribution in [0.2, 0.25) is 0 Å². The summed E-state index contributed by atoms with van der Waals surface area (Å²) < 4.78 is 5.92. The molecule has 1 aromatic carbocycles. The first-order valence-corrected chi connectivity index (χ1v) is 7.26. The number of rotatable bonds is 7. The maximum atomic E-state index is 11.8. The summed E-state index contributed by atoms with van der Waals surface area (Å²) in [4.78, 5) is 11.8. The molecule has 6 heteroatoms. The third kappa shape index (κ3) is 5.48. The average molecular weight is 345 g/mol. The minimum atomic E-state index is -0.298. The molecule has 0 spiro atoms. The van der Waals surface area contributed by atoms with E-state index in [-0.39, 0.29) is 18.7 Å². The van der Waals surface area contributed by atoms with Crippen molar-refractivity contribution in [3.63, 3.8) is 0 Å². The van der Waals surface area contributed by atoms with Gasteiger partial charge >= 0.3 is 6.03 Å². The number of benzene rings is 1. The first-order valence-electron chi connectivity index (χ1n) is 6.46. The largest absolute Gasteiger partial charge is 0.394 e. The van der Waals surface area contributed by atoms with Crippen molar-refractivity contribution in [2.24, 2.45) is 0 Å². The Hall–Kier alpha value is -1.11. The van der Waals surface area contributed by atoms with E-state index < -0.39 is 0 Å². The lowest BCUT2D eigenvalue weighted by atomic mass is 10.1. The number of amides is 2. The van der Waals surface area contributed by atoms with Crippen molar-refractivity contribution in [2.75, 3.05) is 20.3 Å². The van der Waals surface area contributed by atoms with Crippen LogP contribution in [-0.2, 0) is 11.3 Å². The molecule has 0 heterocycles. The van der Waals surface area contributed by atoms with Crippen molar-refractivity contribution in [2.45, 2.75) is 25.9 Å². The Morgan fingerprint density at radius 2 is 2.25 bits per heavy atom. The van der Waals surface area contributed by atoms with Gasteiger partial charge in [0.2, 0.25) is 0 Å². The van der Waals surface area contributed by atoms with E-state index >= 15 is 0 Å². The van der Waals surface area contributed by atoms with Crippen molar-refractivity contribution >= 4 is 22.0 Å². The summed E-state index contributed by atoms with van der Waals surface area (Å²) in [5.74, 6) is 0. The van der Waals surface area contributed by atoms with Crippen LogP contribution in [-0.4, -0.2) is 37.5 Å². The number of nitrogens with one attached hydrogen (secondary N) is 2. The highest BCUT2D eigenvalue weighted by atomic mass is 79.9. The number of urea groups is 1. The predicted octanol–water partition coefficient (Wildman–Crippen LogP) is 1.95. The molecular weight excluding hydrogens is 324 g/mol. The highest BCUT2D eigenvalue weighted by Gasteiger charge is 2.11. The summed E-state index contributed by atoms with van der Waals surface area (Å²) in [5, 5.41) is 14.6. The lowest BCUT2D eigenvalue weighted by molar-refractivity contribution is 0.159. The fraction of sp³-hybridized carbons (Fsp3) is 0.500. The number of aryl methyl sites for hydroxylation is 1. The molecule has 0 aromatic heterocycles. The molecule has 0 aliphatic heterocycles. The number of aliphatic hydroxyl groups excluding tert-OH is 1. The van der Waals surface area contributed by atoms with E-state index in [1.807, 2.05) is 25.1 Å². The fourth-order valence-electron chi connectivity index (χ4n) is 1.73. The molecule has 0 aliphatic carbocycles. The molecule has 0 unspecified atom stereocenters. The molecule has 5 nitrogen and oxygen atoms in total. The number of ether oxygens (including phenoxy) is 1. The van der Waals surface area contributed by atoms with Crippen LogP contribution in [0.25, 0.3) is 0 Å². The van der Waals surface area contributed by atoms with Crippen LogP contribution in [0.1, 0.15) is 17.5 Å². The van der Waals surface area contributed by atoms with Crippen molar-refractivity contribution in [1.29, 1.82) is 0 Å². The van der Waals surface area contributed by atoms with Gasteiger partial charge in [0, 0.05) is 24.7 Å². The third-order valence-electron chi connectivity index (χ3n) is 2.94. The van der Waals surface area contributed by atoms with Crippen molar-refractivity contribution in [3.8, 4) is 0 Å². The molecule has 1 atom stereocenters. The normalized spacial score (nSPS) is 12.0. The van der Waals surface area contributed by atoms with Gasteiger partial charge in [0.15, 0.2) is 0 Å². The first kappa shape index (κ1) is 16.9. The Morgan fingerprint density at radius 1 is 1.50 bits per heavy atom. The van der Waals surface area contributed by atoms with E-state index in [2.05, 4.69) is 26.6 Å². The maximum Gasteiger partial charge on any atom is 0.315 e. The summed E-state index contributed by atoms with van der Waals surface area (Å²) in [6.45, 7) is 2.82. The van der Waals surface area contributed by atoms with Crippen LogP contribution >= 0.6 is 15.9 Å². The molecule has 112 valence electrons. The fourth-order valence-corrected chi connectivity index (χ4v) is 2.13. The Bertz CT molecular complexity index is 440. The van der Waals surface area contributed by atoms with Gasteiger partial charge in [-0.1, -0.05) is 34.1 Å². The van der Waals surface area contributed by atoms with E-state index in [0.29, 0.717) is 19.6 Å². The molecule has 2 amide bonds. The van der Waals surface area contributed by atoms with Gasteiger partial charge in [-0.3, -0.25) is 0 Å². The summed E-state index contributed by atoms with van der Waals surface area (Å²) >= 11 is 3.50. The second-order valence-corrected chi connectivity index (χ2v) is 5.33. The van der Waals surface area contributed by atoms with Gasteiger partial charge in [-0.15, -0.1) is 0 Å². The topological polar surface area (TPSA) is 70.6 Å². The smallest absolute Gasteiger partial charge is 0.315 e. The second kappa shape index (κ2) is 8.94. The molecule has 0 bridgehead atoms. The van der Waals surface area contributed by atoms with Gasteiger partial charge in [-0.25, -0.2) is 4.79 Å². The molecule has 0 saturated carbocycles. The first-order chi connectivity index (χ1) is 9.58. The molecule has 0 radical (unpaired) electrons. The van der Waals surface area contributed by atoms with Crippen molar-refractivity contribution in [3.05, 3.63) is 33.8 Å². The van der Waals surface area contributed by atoms with Gasteiger partial charge in [-0.05, 0) is 24.5 Å². The zero-order chi connectivity index (χ0) is 15.0. The standard InChI is InChI=1S/C14H21BrN2O3/c1-10-4-3-5-11(13(10)15)8-16-14(19)17-12(9-18)6-7-20-2/h3-5,12,18H,6-9H2,1-2H3,(H2,16,17,19)/t12-/m1/s1. The zero-order valence-corrected chi connectivity index (χ0v) is 13.4. The number of carbonyl (C=O) groups excluding carboxylic acids is 1. The summed E-state index contributed by atoms with van der Waals surface area (Å²) in [7, 11) is 1.59. The lowest BCUT2D eigenvalue weighted by Crippen LogP contribution is -2.44. The number of halogens is 1. The van der Waals surface area contributed by atoms with E-state index in [4.69, 9.17) is 9.84 Å². The Labute approximate surface area is 127 Å². The zero-order valence-electron chi connectivity index (χ0n) is 11.8. The van der Waals surface area contributed by atoms with Crippen molar-refractivity contribution < 1.29 is 14.6 Å². The van der Waals surface area contributed by atoms with Gasteiger partial charge in [0.1, 0.15) is 0 Å². The van der Waals surface area contributed by atoms with Gasteiger partial charge in [0.05, 0.1) is 12.6 Å². The number of carbonyl (C=O) groups is 1. The Morgan fingerprint density at radius 3 is 2.90 bits per heavy atom. The maximum absolute atomic E-state index is 11.8. The number of aliphatic hydroxyl groups is 1. The SMILES string of the molecule is COCC[C@H](CO)NC(=O)NCc1cccc(C)c1Br. The molecule has 3 N–H and O–H groups in total. The third-order valence-corrected chi connectivity index (χ3v) is 4.07. The molecule has 0 fully saturated rings. The molecule has 1 rings (SSSR count). The number of hydrogen-bond acceptors (Lipinski definition) is 3. The van der Waals surface area contributed by atoms with Crippen molar-refractivity contribution in [1.82, 2.24) is 10.6 Å². The predicted molar refractivity (Wildman–Crippen MR) is 81.6 cm³/mol. The molecule has 1 aromatic rings. The summed E-state index contributed by atoms with van der Waals surface area (Å²) in [6.07, 6.45) is 0.578. The van der Waals surface area contributed by atoms with Crippen LogP contribution in [0.3, 0.4) is 0 Å². The van der Waals surface area contributed by atoms with Crippen LogP contribution in [0.4, 0.5) is 4.79 Å². The molecule has 20 heavy (non-hydrogen) atoms. The number of hydrogen-bond donors (Lipinski definition) is 3. The van der Waals surface area contributed by atoms with Crippen LogP contribution in [0.15, 0.2) is 22.7 Å². The summed E-state index contributed by atoms with van der Waals surface area (Å²) in [6, 6.07) is 5.31. The Kier molecular flexibility index (Phi) is 7.58. The minimum Gasteiger partial charge on any atom is -0.394 e. The van der Waals surface area contributed by atoms with Crippen LogP contribution < -0.4 is 10.6 Å². The second-order valence-electron chi connectivity index (χ2n) is 4.54. The van der Waals surface area contributed by atoms with E-state index in [9.17, 15) is 4.79 Å². The molecule has 0 saturated heterocycles. The molecular formula is C14H21BrN2O3. The highest BCUT2D eigenvalue weighted by Crippen LogP contribution is 2.20. The Balaban J connectivity index is 2.44. The van der Waals surface area contributed by atoms with Crippen LogP contribution in [0.5, 0.6) is 0 Å². The average Bonchev–Trinajstić information content (AvgIpc) is 2.45. The van der Waals surface area contributed by atoms with Gasteiger partial charge in [-0.2, -0.15) is 0 Å². The lowest BCUT2D eigenvalue weighted by Gasteiger charge is -2.16. The number of methoxy groups -OCH3 is 1. The van der Waals surface area contributed by atoms with Crippen LogP contribution in [0, 0.1) is 6.92 Å². The minimum absolute atomic E-state index is 0.106. The van der Waals surface area contributed by atoms with Gasteiger partial charge in [0.25, 0.3) is 0 Å². The highest BCUT2D eigenvalue weighted by molar-refractivity contribution is 9.10. The monoisotopic (exact) mass is 344 g/mol. The molecule has 0 aliphatic rings. The van der Waals surface area contributed by atoms with Gasteiger partial charge < -0.3 is 20.5 Å².